The van der Waals surface area contributed by atoms with Crippen LogP contribution in [0.3, 0.4) is 0 Å². The van der Waals surface area contributed by atoms with Gasteiger partial charge in [-0.15, -0.1) is 0 Å². The van der Waals surface area contributed by atoms with Gasteiger partial charge in [0.15, 0.2) is 0 Å². The Balaban J connectivity index is 2.48. The number of hydrogen-bond acceptors (Lipinski definition) is 2. The van der Waals surface area contributed by atoms with Gasteiger partial charge in [-0.25, -0.2) is 4.39 Å². The van der Waals surface area contributed by atoms with Crippen LogP contribution in [-0.2, 0) is 6.42 Å². The van der Waals surface area contributed by atoms with Gasteiger partial charge in [0.25, 0.3) is 0 Å². The zero-order valence-corrected chi connectivity index (χ0v) is 8.75. The van der Waals surface area contributed by atoms with Crippen molar-refractivity contribution < 1.29 is 13.9 Å². The van der Waals surface area contributed by atoms with Crippen LogP contribution < -0.4 is 0 Å². The summed E-state index contributed by atoms with van der Waals surface area (Å²) in [5.41, 5.74) is 0.663. The number of rotatable bonds is 2. The predicted octanol–water partition coefficient (Wildman–Crippen LogP) is 2.89. The predicted molar refractivity (Wildman–Crippen MR) is 56.2 cm³/mol. The highest BCUT2D eigenvalue weighted by Crippen LogP contribution is 2.25. The molecule has 2 aromatic rings. The van der Waals surface area contributed by atoms with Gasteiger partial charge in [-0.1, -0.05) is 0 Å². The summed E-state index contributed by atoms with van der Waals surface area (Å²) in [5, 5.41) is 10.4. The third kappa shape index (κ3) is 2.18. The van der Waals surface area contributed by atoms with Crippen LogP contribution in [0.2, 0.25) is 0 Å². The van der Waals surface area contributed by atoms with Gasteiger partial charge >= 0.3 is 0 Å². The number of hydrogen-bond donors (Lipinski definition) is 1. The van der Waals surface area contributed by atoms with E-state index >= 15 is 0 Å². The molecule has 0 bridgehead atoms. The molecule has 0 fully saturated rings. The van der Waals surface area contributed by atoms with Crippen molar-refractivity contribution in [2.75, 3.05) is 0 Å². The van der Waals surface area contributed by atoms with Crippen LogP contribution in [-0.4, -0.2) is 10.7 Å². The van der Waals surface area contributed by atoms with E-state index in [2.05, 4.69) is 0 Å². The minimum atomic E-state index is -0.816. The van der Waals surface area contributed by atoms with E-state index in [0.717, 1.165) is 10.9 Å². The van der Waals surface area contributed by atoms with Gasteiger partial charge in [0, 0.05) is 17.4 Å². The van der Waals surface area contributed by atoms with Crippen molar-refractivity contribution in [2.45, 2.75) is 25.9 Å². The molecule has 1 aromatic carbocycles. The minimum absolute atomic E-state index is 0.291. The molecule has 3 heteroatoms. The zero-order valence-electron chi connectivity index (χ0n) is 8.75. The number of benzene rings is 1. The molecule has 0 saturated carbocycles. The summed E-state index contributed by atoms with van der Waals surface area (Å²) in [6, 6.07) is 4.39. The third-order valence-electron chi connectivity index (χ3n) is 2.24. The van der Waals surface area contributed by atoms with Crippen LogP contribution in [0.4, 0.5) is 4.39 Å². The van der Waals surface area contributed by atoms with Crippen molar-refractivity contribution in [3.63, 3.8) is 0 Å². The van der Waals surface area contributed by atoms with Crippen LogP contribution >= 0.6 is 0 Å². The molecular formula is C12H13FO2. The maximum Gasteiger partial charge on any atom is 0.134 e. The van der Waals surface area contributed by atoms with Crippen molar-refractivity contribution in [3.05, 3.63) is 35.8 Å². The molecule has 0 radical (unpaired) electrons. The summed E-state index contributed by atoms with van der Waals surface area (Å²) in [5.74, 6) is -0.291. The number of halogens is 1. The van der Waals surface area contributed by atoms with Gasteiger partial charge in [-0.05, 0) is 32.0 Å². The van der Waals surface area contributed by atoms with Gasteiger partial charge in [0.2, 0.25) is 0 Å². The van der Waals surface area contributed by atoms with Gasteiger partial charge < -0.3 is 9.52 Å². The van der Waals surface area contributed by atoms with E-state index in [1.165, 1.54) is 12.1 Å². The quantitative estimate of drug-likeness (QED) is 0.823. The molecular weight excluding hydrogens is 195 g/mol. The van der Waals surface area contributed by atoms with Crippen molar-refractivity contribution in [1.29, 1.82) is 0 Å². The number of furan rings is 1. The highest BCUT2D eigenvalue weighted by Gasteiger charge is 2.17. The first-order valence-corrected chi connectivity index (χ1v) is 4.84. The molecule has 0 spiro atoms. The zero-order chi connectivity index (χ0) is 11.1. The van der Waals surface area contributed by atoms with E-state index in [4.69, 9.17) is 4.42 Å². The Morgan fingerprint density at radius 1 is 1.40 bits per heavy atom. The SMILES string of the molecule is CC(C)(O)Cc1coc2ccc(F)cc12. The summed E-state index contributed by atoms with van der Waals surface area (Å²) >= 11 is 0. The van der Waals surface area contributed by atoms with Crippen LogP contribution in [0.5, 0.6) is 0 Å². The molecule has 0 amide bonds. The van der Waals surface area contributed by atoms with E-state index in [1.54, 1.807) is 26.2 Å². The first-order valence-electron chi connectivity index (χ1n) is 4.84. The fraction of sp³-hybridized carbons (Fsp3) is 0.333. The normalized spacial score (nSPS) is 12.3. The van der Waals surface area contributed by atoms with Crippen LogP contribution in [0.25, 0.3) is 11.0 Å². The maximum absolute atomic E-state index is 13.0. The Kier molecular flexibility index (Phi) is 2.27. The Hall–Kier alpha value is -1.35. The highest BCUT2D eigenvalue weighted by atomic mass is 19.1. The smallest absolute Gasteiger partial charge is 0.134 e. The van der Waals surface area contributed by atoms with E-state index in [9.17, 15) is 9.50 Å². The second kappa shape index (κ2) is 3.35. The molecule has 0 unspecified atom stereocenters. The van der Waals surface area contributed by atoms with Gasteiger partial charge in [0.05, 0.1) is 11.9 Å². The first kappa shape index (κ1) is 10.2. The minimum Gasteiger partial charge on any atom is -0.464 e. The summed E-state index contributed by atoms with van der Waals surface area (Å²) in [4.78, 5) is 0. The van der Waals surface area contributed by atoms with Gasteiger partial charge in [-0.3, -0.25) is 0 Å². The van der Waals surface area contributed by atoms with Crippen molar-refractivity contribution in [2.24, 2.45) is 0 Å². The molecule has 0 aliphatic carbocycles. The lowest BCUT2D eigenvalue weighted by Crippen LogP contribution is -2.21. The van der Waals surface area contributed by atoms with Crippen molar-refractivity contribution in [3.8, 4) is 0 Å². The molecule has 1 aromatic heterocycles. The lowest BCUT2D eigenvalue weighted by atomic mass is 9.98. The Morgan fingerprint density at radius 2 is 2.13 bits per heavy atom. The average molecular weight is 208 g/mol. The van der Waals surface area contributed by atoms with Gasteiger partial charge in [0.1, 0.15) is 11.4 Å². The molecule has 0 saturated heterocycles. The van der Waals surface area contributed by atoms with Crippen LogP contribution in [0, 0.1) is 5.82 Å². The summed E-state index contributed by atoms with van der Waals surface area (Å²) in [7, 11) is 0. The van der Waals surface area contributed by atoms with E-state index in [-0.39, 0.29) is 5.82 Å². The summed E-state index contributed by atoms with van der Waals surface area (Å²) < 4.78 is 18.3. The van der Waals surface area contributed by atoms with E-state index in [1.807, 2.05) is 0 Å². The highest BCUT2D eigenvalue weighted by molar-refractivity contribution is 5.81. The molecule has 80 valence electrons. The van der Waals surface area contributed by atoms with E-state index < -0.39 is 5.60 Å². The number of fused-ring (bicyclic) bond motifs is 1. The Morgan fingerprint density at radius 3 is 2.80 bits per heavy atom. The Bertz CT molecular complexity index is 480. The maximum atomic E-state index is 13.0. The van der Waals surface area contributed by atoms with Crippen molar-refractivity contribution in [1.82, 2.24) is 0 Å². The molecule has 2 rings (SSSR count). The monoisotopic (exact) mass is 208 g/mol. The van der Waals surface area contributed by atoms with Crippen molar-refractivity contribution >= 4 is 11.0 Å². The molecule has 2 nitrogen and oxygen atoms in total. The topological polar surface area (TPSA) is 33.4 Å². The second-order valence-corrected chi connectivity index (χ2v) is 4.39. The molecule has 0 aliphatic rings. The molecule has 1 N–H and O–H groups in total. The Labute approximate surface area is 87.3 Å². The van der Waals surface area contributed by atoms with Crippen LogP contribution in [0.1, 0.15) is 19.4 Å². The first-order chi connectivity index (χ1) is 6.96. The van der Waals surface area contributed by atoms with E-state index in [0.29, 0.717) is 12.0 Å². The largest absolute Gasteiger partial charge is 0.464 e. The lowest BCUT2D eigenvalue weighted by Gasteiger charge is -2.15. The molecule has 15 heavy (non-hydrogen) atoms. The fourth-order valence-corrected chi connectivity index (χ4v) is 1.66. The number of aliphatic hydroxyl groups is 1. The summed E-state index contributed by atoms with van der Waals surface area (Å²) in [6.45, 7) is 3.43. The molecule has 0 aliphatic heterocycles. The third-order valence-corrected chi connectivity index (χ3v) is 2.24. The molecule has 1 heterocycles. The summed E-state index contributed by atoms with van der Waals surface area (Å²) in [6.07, 6.45) is 2.02. The standard InChI is InChI=1S/C12H13FO2/c1-12(2,14)6-8-7-15-11-4-3-9(13)5-10(8)11/h3-5,7,14H,6H2,1-2H3. The molecule has 0 atom stereocenters. The lowest BCUT2D eigenvalue weighted by molar-refractivity contribution is 0.0811. The second-order valence-electron chi connectivity index (χ2n) is 4.39. The van der Waals surface area contributed by atoms with Crippen LogP contribution in [0.15, 0.2) is 28.9 Å². The average Bonchev–Trinajstić information content (AvgIpc) is 2.46. The van der Waals surface area contributed by atoms with Gasteiger partial charge in [-0.2, -0.15) is 0 Å². The fourth-order valence-electron chi connectivity index (χ4n) is 1.66.